The SMILES string of the molecule is CC(C)(COP(=O)(O)OP(=O)(O)OC[C@H]1O[C@@H](n2cnc3c(=N)ncn(P(=O)(O)O)c32)[C@H](O)[C@@H]1O)[C@@H](O)C(=O)NCCC(=O)NCCSC(=O)C[C@@H](O)C[N+](C)(C)C. The number of carbonyl (C=O) groups excluding carboxylic acids is 3. The zero-order valence-electron chi connectivity index (χ0n) is 31.9. The van der Waals surface area contributed by atoms with E-state index in [-0.39, 0.29) is 42.3 Å². The lowest BCUT2D eigenvalue weighted by Gasteiger charge is -2.30. The van der Waals surface area contributed by atoms with Crippen molar-refractivity contribution in [1.82, 2.24) is 29.5 Å². The Balaban J connectivity index is 1.44. The van der Waals surface area contributed by atoms with Gasteiger partial charge in [0.05, 0.1) is 40.7 Å². The van der Waals surface area contributed by atoms with Crippen LogP contribution in [0.25, 0.3) is 11.2 Å². The number of phosphoric acid groups is 2. The number of thioether (sulfide) groups is 1. The van der Waals surface area contributed by atoms with Crippen molar-refractivity contribution in [2.75, 3.05) is 59.7 Å². The van der Waals surface area contributed by atoms with Gasteiger partial charge in [0.1, 0.15) is 43.4 Å². The molecule has 26 nitrogen and oxygen atoms in total. The van der Waals surface area contributed by atoms with Crippen LogP contribution in [0.15, 0.2) is 12.7 Å². The van der Waals surface area contributed by atoms with Gasteiger partial charge in [0, 0.05) is 37.1 Å². The largest absolute Gasteiger partial charge is 0.481 e. The van der Waals surface area contributed by atoms with E-state index >= 15 is 0 Å². The maximum absolute atomic E-state index is 12.6. The minimum atomic E-state index is -5.52. The van der Waals surface area contributed by atoms with Gasteiger partial charge in [-0.25, -0.2) is 28.0 Å². The van der Waals surface area contributed by atoms with E-state index in [1.165, 1.54) is 13.8 Å². The Kier molecular flexibility index (Phi) is 17.1. The highest BCUT2D eigenvalue weighted by Crippen LogP contribution is 2.61. The highest BCUT2D eigenvalue weighted by molar-refractivity contribution is 8.13. The van der Waals surface area contributed by atoms with Crippen molar-refractivity contribution in [2.24, 2.45) is 5.41 Å². The van der Waals surface area contributed by atoms with Gasteiger partial charge in [0.15, 0.2) is 28.0 Å². The van der Waals surface area contributed by atoms with Crippen molar-refractivity contribution in [1.29, 1.82) is 5.41 Å². The monoisotopic (exact) mass is 911 g/mol. The van der Waals surface area contributed by atoms with Crippen LogP contribution in [-0.4, -0.2) is 171 Å². The number of imidazole rings is 1. The number of nitrogens with zero attached hydrogens (tertiary/aromatic N) is 5. The molecule has 30 heteroatoms. The van der Waals surface area contributed by atoms with Crippen molar-refractivity contribution in [2.45, 2.75) is 63.4 Å². The Morgan fingerprint density at radius 2 is 1.64 bits per heavy atom. The molecule has 2 unspecified atom stereocenters. The number of aromatic nitrogens is 4. The number of hydrogen-bond acceptors (Lipinski definition) is 18. The van der Waals surface area contributed by atoms with Crippen LogP contribution in [0.4, 0.5) is 0 Å². The number of ether oxygens (including phenoxy) is 1. The van der Waals surface area contributed by atoms with Gasteiger partial charge in [-0.1, -0.05) is 25.6 Å². The van der Waals surface area contributed by atoms with E-state index in [4.69, 9.17) is 14.7 Å². The fourth-order valence-corrected chi connectivity index (χ4v) is 8.89. The summed E-state index contributed by atoms with van der Waals surface area (Å²) in [4.78, 5) is 83.8. The number of quaternary nitrogens is 1. The van der Waals surface area contributed by atoms with E-state index in [0.29, 0.717) is 21.7 Å². The first-order valence-corrected chi connectivity index (χ1v) is 22.7. The first-order valence-electron chi connectivity index (χ1n) is 17.1. The Morgan fingerprint density at radius 1 is 1.00 bits per heavy atom. The summed E-state index contributed by atoms with van der Waals surface area (Å²) in [7, 11) is -10.4. The number of likely N-dealkylation sites (N-methyl/N-ethyl adjacent to an activating group) is 1. The lowest BCUT2D eigenvalue weighted by Crippen LogP contribution is -2.46. The third-order valence-corrected chi connectivity index (χ3v) is 12.4. The number of rotatable bonds is 22. The van der Waals surface area contributed by atoms with Crippen LogP contribution < -0.4 is 16.1 Å². The molecule has 3 heterocycles. The third-order valence-electron chi connectivity index (χ3n) is 8.09. The second-order valence-electron chi connectivity index (χ2n) is 14.7. The molecule has 0 bridgehead atoms. The maximum atomic E-state index is 12.6. The highest BCUT2D eigenvalue weighted by Gasteiger charge is 2.47. The summed E-state index contributed by atoms with van der Waals surface area (Å²) >= 11 is 0.957. The quantitative estimate of drug-likeness (QED) is 0.0324. The Labute approximate surface area is 335 Å². The van der Waals surface area contributed by atoms with Gasteiger partial charge >= 0.3 is 23.4 Å². The van der Waals surface area contributed by atoms with Gasteiger partial charge < -0.3 is 59.9 Å². The summed E-state index contributed by atoms with van der Waals surface area (Å²) in [6.07, 6.45) is -8.40. The van der Waals surface area contributed by atoms with E-state index in [0.717, 1.165) is 22.7 Å². The molecule has 58 heavy (non-hydrogen) atoms. The average molecular weight is 912 g/mol. The summed E-state index contributed by atoms with van der Waals surface area (Å²) in [6, 6.07) is 0. The molecule has 0 aliphatic carbocycles. The van der Waals surface area contributed by atoms with Gasteiger partial charge in [-0.15, -0.1) is 0 Å². The molecule has 0 spiro atoms. The van der Waals surface area contributed by atoms with Gasteiger partial charge in [-0.2, -0.15) is 4.31 Å². The van der Waals surface area contributed by atoms with Crippen LogP contribution in [0.3, 0.4) is 0 Å². The van der Waals surface area contributed by atoms with Gasteiger partial charge in [0.2, 0.25) is 11.8 Å². The molecule has 0 aromatic carbocycles. The molecule has 3 rings (SSSR count). The molecule has 2 aromatic heterocycles. The summed E-state index contributed by atoms with van der Waals surface area (Å²) in [6.45, 7) is 0.825. The van der Waals surface area contributed by atoms with Crippen molar-refractivity contribution >= 4 is 63.2 Å². The number of aliphatic hydroxyl groups excluding tert-OH is 4. The van der Waals surface area contributed by atoms with E-state index in [2.05, 4.69) is 29.4 Å². The minimum absolute atomic E-state index is 0.0318. The van der Waals surface area contributed by atoms with Crippen molar-refractivity contribution in [3.8, 4) is 0 Å². The summed E-state index contributed by atoms with van der Waals surface area (Å²) < 4.78 is 58.1. The van der Waals surface area contributed by atoms with Crippen LogP contribution in [-0.2, 0) is 46.2 Å². The number of phosphoric ester groups is 2. The predicted molar refractivity (Wildman–Crippen MR) is 199 cm³/mol. The van der Waals surface area contributed by atoms with Crippen molar-refractivity contribution in [3.63, 3.8) is 0 Å². The number of amides is 2. The minimum Gasteiger partial charge on any atom is -0.387 e. The molecule has 8 atom stereocenters. The summed E-state index contributed by atoms with van der Waals surface area (Å²) in [5, 5.41) is 54.3. The molecule has 11 N–H and O–H groups in total. The van der Waals surface area contributed by atoms with Gasteiger partial charge in [0.25, 0.3) is 0 Å². The Morgan fingerprint density at radius 3 is 2.26 bits per heavy atom. The molecule has 2 aromatic rings. The van der Waals surface area contributed by atoms with E-state index in [1.54, 1.807) is 0 Å². The topological polar surface area (TPSA) is 385 Å². The molecular formula is C28H50N8O18P3S+. The fourth-order valence-electron chi connectivity index (χ4n) is 5.26. The molecule has 330 valence electrons. The number of nitrogens with one attached hydrogen (secondary N) is 3. The number of hydrogen-bond donors (Lipinski definition) is 11. The van der Waals surface area contributed by atoms with Gasteiger partial charge in [-0.05, 0) is 0 Å². The van der Waals surface area contributed by atoms with Crippen LogP contribution in [0, 0.1) is 10.8 Å². The maximum Gasteiger partial charge on any atom is 0.481 e. The van der Waals surface area contributed by atoms with E-state index in [1.807, 2.05) is 21.1 Å². The Hall–Kier alpha value is -2.52. The average Bonchev–Trinajstić information content (AvgIpc) is 3.63. The highest BCUT2D eigenvalue weighted by atomic mass is 32.2. The lowest BCUT2D eigenvalue weighted by molar-refractivity contribution is -0.873. The van der Waals surface area contributed by atoms with Crippen molar-refractivity contribution < 1.29 is 90.7 Å². The van der Waals surface area contributed by atoms with Crippen molar-refractivity contribution in [3.05, 3.63) is 18.1 Å². The third kappa shape index (κ3) is 14.6. The second kappa shape index (κ2) is 19.9. The van der Waals surface area contributed by atoms with Crippen LogP contribution in [0.2, 0.25) is 0 Å². The summed E-state index contributed by atoms with van der Waals surface area (Å²) in [5.74, 6) is -1.21. The molecule has 0 saturated carbocycles. The molecule has 1 saturated heterocycles. The normalized spacial score (nSPS) is 22.2. The number of fused-ring (bicyclic) bond motifs is 1. The standard InChI is InChI=1S/C28H49N8O18P3S/c1-28(2,23(42)25(43)31-7-6-18(38)30-8-9-58-19(39)10-16(37)11-36(3,4)5)13-52-57(49,50)54-56(47,48)51-12-17-21(40)22(41)27(53-17)34-14-32-20-24(29)33-15-35(26(20)34)55(44,45)46/h14-17,21-23,27,29,37,40-42H,6-13H2,1-5H3,(H5-,30,31,38,43,44,45,46,47,48,49,50)/p+1/t16-,17-,21-,22-,23+,27-/m1/s1. The van der Waals surface area contributed by atoms with E-state index < -0.39 is 102 Å². The molecule has 1 aliphatic rings. The molecule has 0 radical (unpaired) electrons. The second-order valence-corrected chi connectivity index (χ2v) is 20.4. The van der Waals surface area contributed by atoms with Crippen LogP contribution in [0.1, 0.15) is 32.9 Å². The number of aliphatic hydroxyl groups is 4. The molecular weight excluding hydrogens is 861 g/mol. The van der Waals surface area contributed by atoms with Gasteiger partial charge in [-0.3, -0.25) is 33.4 Å². The Bertz CT molecular complexity index is 1990. The number of carbonyl (C=O) groups is 3. The molecule has 1 fully saturated rings. The smallest absolute Gasteiger partial charge is 0.387 e. The lowest BCUT2D eigenvalue weighted by atomic mass is 9.87. The first kappa shape index (κ1) is 49.8. The molecule has 1 aliphatic heterocycles. The molecule has 2 amide bonds. The zero-order valence-corrected chi connectivity index (χ0v) is 35.4. The van der Waals surface area contributed by atoms with E-state index in [9.17, 15) is 68.1 Å². The van der Waals surface area contributed by atoms with Crippen LogP contribution in [0.5, 0.6) is 0 Å². The zero-order chi connectivity index (χ0) is 44.0. The first-order chi connectivity index (χ1) is 26.5. The van der Waals surface area contributed by atoms with Crippen LogP contribution >= 0.6 is 35.2 Å². The fraction of sp³-hybridized carbons (Fsp3) is 0.714. The predicted octanol–water partition coefficient (Wildman–Crippen LogP) is -2.75. The summed E-state index contributed by atoms with van der Waals surface area (Å²) in [5.41, 5.74) is -2.88.